The fraction of sp³-hybridized carbons (Fsp3) is 0.421. The zero-order valence-electron chi connectivity index (χ0n) is 14.0. The van der Waals surface area contributed by atoms with Crippen molar-refractivity contribution in [3.63, 3.8) is 0 Å². The predicted molar refractivity (Wildman–Crippen MR) is 92.5 cm³/mol. The monoisotopic (exact) mass is 329 g/mol. The third kappa shape index (κ3) is 4.10. The smallest absolute Gasteiger partial charge is 0.328 e. The number of allylic oxidation sites excluding steroid dienone is 2. The van der Waals surface area contributed by atoms with Crippen LogP contribution in [0.1, 0.15) is 51.0 Å². The molecule has 1 aliphatic rings. The molecule has 0 heterocycles. The normalized spacial score (nSPS) is 23.2. The third-order valence-corrected chi connectivity index (χ3v) is 4.19. The number of aliphatic carboxylic acids is 1. The van der Waals surface area contributed by atoms with Gasteiger partial charge in [-0.3, -0.25) is 9.79 Å². The molecule has 0 radical (unpaired) electrons. The number of carboxylic acids is 1. The van der Waals surface area contributed by atoms with Gasteiger partial charge in [-0.05, 0) is 31.2 Å². The Morgan fingerprint density at radius 1 is 1.25 bits per heavy atom. The highest BCUT2D eigenvalue weighted by Crippen LogP contribution is 2.34. The second-order valence-corrected chi connectivity index (χ2v) is 6.10. The highest BCUT2D eigenvalue weighted by Gasteiger charge is 2.32. The molecule has 2 N–H and O–H groups in total. The predicted octanol–water partition coefficient (Wildman–Crippen LogP) is 3.66. The minimum atomic E-state index is -1.05. The van der Waals surface area contributed by atoms with Gasteiger partial charge in [-0.25, -0.2) is 4.79 Å². The molecule has 2 atom stereocenters. The number of nitrogens with zero attached hydrogens (tertiary/aromatic N) is 1. The highest BCUT2D eigenvalue weighted by molar-refractivity contribution is 6.25. The molecule has 0 spiro atoms. The fourth-order valence-corrected chi connectivity index (χ4v) is 2.95. The van der Waals surface area contributed by atoms with Gasteiger partial charge in [0.05, 0.1) is 11.3 Å². The lowest BCUT2D eigenvalue weighted by atomic mass is 9.78. The number of hydrogen-bond acceptors (Lipinski definition) is 4. The van der Waals surface area contributed by atoms with E-state index in [4.69, 9.17) is 5.11 Å². The number of carboxylic acid groups (broad SMARTS) is 1. The largest absolute Gasteiger partial charge is 0.511 e. The number of hydrogen-bond donors (Lipinski definition) is 2. The van der Waals surface area contributed by atoms with Crippen molar-refractivity contribution in [2.24, 2.45) is 4.99 Å². The molecule has 2 rings (SSSR count). The summed E-state index contributed by atoms with van der Waals surface area (Å²) in [6, 6.07) is 8.70. The van der Waals surface area contributed by atoms with Gasteiger partial charge in [-0.2, -0.15) is 0 Å². The van der Waals surface area contributed by atoms with Gasteiger partial charge in [0.1, 0.15) is 11.8 Å². The van der Waals surface area contributed by atoms with Crippen molar-refractivity contribution in [2.75, 3.05) is 0 Å². The Bertz CT molecular complexity index is 676. The standard InChI is InChI=1S/C19H23NO4/c1-3-7-16(21)18-15(20-12(2)19(23)24)10-14(11-17(18)22)13-8-5-4-6-9-13/h4-6,8-9,12,14,21H,3,7,10-11H2,1-2H3,(H,23,24)/t12-,14-/m0/s1. The number of aliphatic hydroxyl groups is 1. The van der Waals surface area contributed by atoms with Crippen molar-refractivity contribution in [1.29, 1.82) is 0 Å². The van der Waals surface area contributed by atoms with Crippen LogP contribution in [-0.4, -0.2) is 33.7 Å². The van der Waals surface area contributed by atoms with Gasteiger partial charge in [0.25, 0.3) is 0 Å². The molecular formula is C19H23NO4. The van der Waals surface area contributed by atoms with Crippen molar-refractivity contribution >= 4 is 17.5 Å². The first-order valence-electron chi connectivity index (χ1n) is 8.24. The molecular weight excluding hydrogens is 306 g/mol. The van der Waals surface area contributed by atoms with Gasteiger partial charge < -0.3 is 10.2 Å². The van der Waals surface area contributed by atoms with E-state index in [9.17, 15) is 14.7 Å². The second-order valence-electron chi connectivity index (χ2n) is 6.10. The van der Waals surface area contributed by atoms with Crippen LogP contribution < -0.4 is 0 Å². The van der Waals surface area contributed by atoms with Gasteiger partial charge in [-0.15, -0.1) is 0 Å². The van der Waals surface area contributed by atoms with Crippen molar-refractivity contribution in [2.45, 2.75) is 51.5 Å². The molecule has 0 bridgehead atoms. The first-order chi connectivity index (χ1) is 11.4. The molecule has 5 heteroatoms. The first kappa shape index (κ1) is 17.9. The maximum absolute atomic E-state index is 12.6. The number of ketones is 1. The molecule has 0 amide bonds. The van der Waals surface area contributed by atoms with Crippen LogP contribution in [0.5, 0.6) is 0 Å². The highest BCUT2D eigenvalue weighted by atomic mass is 16.4. The van der Waals surface area contributed by atoms with Crippen LogP contribution in [0.15, 0.2) is 46.7 Å². The molecule has 1 aromatic carbocycles. The Morgan fingerprint density at radius 2 is 1.92 bits per heavy atom. The topological polar surface area (TPSA) is 87.0 Å². The van der Waals surface area contributed by atoms with Crippen LogP contribution in [0, 0.1) is 0 Å². The second kappa shape index (κ2) is 7.90. The Labute approximate surface area is 141 Å². The summed E-state index contributed by atoms with van der Waals surface area (Å²) < 4.78 is 0. The van der Waals surface area contributed by atoms with Crippen LogP contribution in [0.4, 0.5) is 0 Å². The lowest BCUT2D eigenvalue weighted by Crippen LogP contribution is -2.28. The van der Waals surface area contributed by atoms with Gasteiger partial charge >= 0.3 is 5.97 Å². The maximum Gasteiger partial charge on any atom is 0.328 e. The van der Waals surface area contributed by atoms with Crippen LogP contribution >= 0.6 is 0 Å². The summed E-state index contributed by atoms with van der Waals surface area (Å²) in [6.45, 7) is 3.38. The van der Waals surface area contributed by atoms with E-state index in [0.717, 1.165) is 5.56 Å². The van der Waals surface area contributed by atoms with Crippen molar-refractivity contribution < 1.29 is 19.8 Å². The SMILES string of the molecule is CCCC(O)=C1C(=O)C[C@@H](c2ccccc2)CC1=N[C@@H](C)C(=O)O. The summed E-state index contributed by atoms with van der Waals surface area (Å²) in [7, 11) is 0. The van der Waals surface area contributed by atoms with Gasteiger partial charge in [0.15, 0.2) is 5.78 Å². The molecule has 0 unspecified atom stereocenters. The van der Waals surface area contributed by atoms with E-state index in [1.165, 1.54) is 6.92 Å². The minimum absolute atomic E-state index is 0.0188. The zero-order valence-corrected chi connectivity index (χ0v) is 14.0. The molecule has 24 heavy (non-hydrogen) atoms. The quantitative estimate of drug-likeness (QED) is 0.637. The number of carbonyl (C=O) groups is 2. The van der Waals surface area contributed by atoms with E-state index >= 15 is 0 Å². The van der Waals surface area contributed by atoms with E-state index < -0.39 is 12.0 Å². The van der Waals surface area contributed by atoms with Crippen LogP contribution in [0.2, 0.25) is 0 Å². The van der Waals surface area contributed by atoms with Crippen molar-refractivity contribution in [1.82, 2.24) is 0 Å². The Morgan fingerprint density at radius 3 is 2.50 bits per heavy atom. The molecule has 0 aromatic heterocycles. The van der Waals surface area contributed by atoms with E-state index in [1.54, 1.807) is 0 Å². The van der Waals surface area contributed by atoms with Gasteiger partial charge in [-0.1, -0.05) is 37.3 Å². The first-order valence-corrected chi connectivity index (χ1v) is 8.24. The molecule has 1 saturated carbocycles. The van der Waals surface area contributed by atoms with Crippen molar-refractivity contribution in [3.8, 4) is 0 Å². The Balaban J connectivity index is 2.42. The molecule has 128 valence electrons. The summed E-state index contributed by atoms with van der Waals surface area (Å²) in [5.74, 6) is -1.24. The van der Waals surface area contributed by atoms with Gasteiger partial charge in [0.2, 0.25) is 0 Å². The number of aliphatic hydroxyl groups excluding tert-OH is 1. The number of rotatable bonds is 5. The third-order valence-electron chi connectivity index (χ3n) is 4.19. The summed E-state index contributed by atoms with van der Waals surface area (Å²) >= 11 is 0. The van der Waals surface area contributed by atoms with Crippen molar-refractivity contribution in [3.05, 3.63) is 47.2 Å². The zero-order chi connectivity index (χ0) is 17.7. The maximum atomic E-state index is 12.6. The van der Waals surface area contributed by atoms with Crippen LogP contribution in [-0.2, 0) is 9.59 Å². The lowest BCUT2D eigenvalue weighted by Gasteiger charge is -2.26. The fourth-order valence-electron chi connectivity index (χ4n) is 2.95. The van der Waals surface area contributed by atoms with E-state index in [0.29, 0.717) is 31.4 Å². The van der Waals surface area contributed by atoms with Crippen LogP contribution in [0.3, 0.4) is 0 Å². The summed E-state index contributed by atoms with van der Waals surface area (Å²) in [6.07, 6.45) is 1.84. The van der Waals surface area contributed by atoms with Gasteiger partial charge in [0, 0.05) is 12.8 Å². The number of aliphatic imine (C=N–C) groups is 1. The number of carbonyl (C=O) groups excluding carboxylic acids is 1. The summed E-state index contributed by atoms with van der Waals surface area (Å²) in [4.78, 5) is 28.0. The molecule has 1 fully saturated rings. The van der Waals surface area contributed by atoms with E-state index in [-0.39, 0.29) is 23.0 Å². The molecule has 0 saturated heterocycles. The lowest BCUT2D eigenvalue weighted by molar-refractivity contribution is -0.138. The van der Waals surface area contributed by atoms with E-state index in [1.807, 2.05) is 37.3 Å². The summed E-state index contributed by atoms with van der Waals surface area (Å²) in [5.41, 5.74) is 1.65. The number of benzene rings is 1. The molecule has 5 nitrogen and oxygen atoms in total. The molecule has 1 aliphatic carbocycles. The van der Waals surface area contributed by atoms with E-state index in [2.05, 4.69) is 4.99 Å². The summed E-state index contributed by atoms with van der Waals surface area (Å²) in [5, 5.41) is 19.4. The molecule has 1 aromatic rings. The Hall–Kier alpha value is -2.43. The minimum Gasteiger partial charge on any atom is -0.511 e. The average molecular weight is 329 g/mol. The molecule has 0 aliphatic heterocycles. The van der Waals surface area contributed by atoms with Crippen LogP contribution in [0.25, 0.3) is 0 Å². The number of Topliss-reactive ketones (excluding diaryl/α,β-unsaturated/α-hetero) is 1. The average Bonchev–Trinajstić information content (AvgIpc) is 2.55. The Kier molecular flexibility index (Phi) is 5.90.